The Balaban J connectivity index is 2.63. The minimum absolute atomic E-state index is 0.0703. The largest absolute Gasteiger partial charge is 0.357 e. The second-order valence-electron chi connectivity index (χ2n) is 6.49. The normalized spacial score (nSPS) is 12.8. The highest BCUT2D eigenvalue weighted by Crippen LogP contribution is 2.07. The number of carbonyl (C=O) groups is 1. The van der Waals surface area contributed by atoms with E-state index in [0.29, 0.717) is 24.1 Å². The standard InChI is InChI=1S/C19H32N4O/c1-6-21-19(23-15(4)8-7-14(2)3)22-13-16-9-11-17(12-10-16)18(24)20-5/h9-12,14-15H,6-8,13H2,1-5H3,(H,20,24)(H2,21,22,23). The lowest BCUT2D eigenvalue weighted by Gasteiger charge is -2.18. The summed E-state index contributed by atoms with van der Waals surface area (Å²) in [6.45, 7) is 10.2. The van der Waals surface area contributed by atoms with Crippen LogP contribution in [0.3, 0.4) is 0 Å². The Labute approximate surface area is 146 Å². The number of amides is 1. The molecule has 0 fully saturated rings. The van der Waals surface area contributed by atoms with Crippen LogP contribution < -0.4 is 16.0 Å². The Hall–Kier alpha value is -2.04. The van der Waals surface area contributed by atoms with Crippen LogP contribution in [0.15, 0.2) is 29.3 Å². The zero-order valence-electron chi connectivity index (χ0n) is 15.6. The highest BCUT2D eigenvalue weighted by Gasteiger charge is 2.07. The average Bonchev–Trinajstić information content (AvgIpc) is 2.57. The molecule has 0 spiro atoms. The highest BCUT2D eigenvalue weighted by atomic mass is 16.1. The molecule has 1 rings (SSSR count). The van der Waals surface area contributed by atoms with E-state index in [1.165, 1.54) is 6.42 Å². The van der Waals surface area contributed by atoms with E-state index in [2.05, 4.69) is 48.6 Å². The second kappa shape index (κ2) is 10.7. The van der Waals surface area contributed by atoms with Crippen molar-refractivity contribution < 1.29 is 4.79 Å². The fraction of sp³-hybridized carbons (Fsp3) is 0.579. The molecule has 0 saturated carbocycles. The van der Waals surface area contributed by atoms with Crippen LogP contribution in [0.1, 0.15) is 56.5 Å². The summed E-state index contributed by atoms with van der Waals surface area (Å²) < 4.78 is 0. The smallest absolute Gasteiger partial charge is 0.251 e. The first-order valence-corrected chi connectivity index (χ1v) is 8.82. The lowest BCUT2D eigenvalue weighted by Crippen LogP contribution is -2.42. The number of hydrogen-bond donors (Lipinski definition) is 3. The first kappa shape index (κ1) is 20.0. The van der Waals surface area contributed by atoms with Crippen molar-refractivity contribution in [2.45, 2.75) is 53.1 Å². The van der Waals surface area contributed by atoms with Crippen molar-refractivity contribution >= 4 is 11.9 Å². The third kappa shape index (κ3) is 7.49. The lowest BCUT2D eigenvalue weighted by molar-refractivity contribution is 0.0963. The van der Waals surface area contributed by atoms with Gasteiger partial charge < -0.3 is 16.0 Å². The number of guanidine groups is 1. The zero-order chi connectivity index (χ0) is 17.9. The molecule has 134 valence electrons. The Morgan fingerprint density at radius 1 is 1.12 bits per heavy atom. The van der Waals surface area contributed by atoms with Crippen LogP contribution in [0.25, 0.3) is 0 Å². The molecule has 1 aromatic rings. The van der Waals surface area contributed by atoms with Crippen LogP contribution in [-0.4, -0.2) is 31.5 Å². The van der Waals surface area contributed by atoms with Gasteiger partial charge >= 0.3 is 0 Å². The maximum Gasteiger partial charge on any atom is 0.251 e. The third-order valence-corrected chi connectivity index (χ3v) is 3.77. The number of nitrogens with one attached hydrogen (secondary N) is 3. The molecule has 1 unspecified atom stereocenters. The average molecular weight is 332 g/mol. The third-order valence-electron chi connectivity index (χ3n) is 3.77. The first-order valence-electron chi connectivity index (χ1n) is 8.82. The van der Waals surface area contributed by atoms with Crippen molar-refractivity contribution in [3.63, 3.8) is 0 Å². The molecule has 0 saturated heterocycles. The summed E-state index contributed by atoms with van der Waals surface area (Å²) in [7, 11) is 1.63. The van der Waals surface area contributed by atoms with Gasteiger partial charge in [-0.1, -0.05) is 26.0 Å². The van der Waals surface area contributed by atoms with Crippen LogP contribution in [0.5, 0.6) is 0 Å². The van der Waals surface area contributed by atoms with E-state index in [1.54, 1.807) is 7.05 Å². The molecule has 1 amide bonds. The van der Waals surface area contributed by atoms with Crippen molar-refractivity contribution in [2.75, 3.05) is 13.6 Å². The topological polar surface area (TPSA) is 65.5 Å². The van der Waals surface area contributed by atoms with E-state index in [1.807, 2.05) is 24.3 Å². The van der Waals surface area contributed by atoms with Gasteiger partial charge in [0.05, 0.1) is 6.54 Å². The van der Waals surface area contributed by atoms with Crippen LogP contribution in [0.2, 0.25) is 0 Å². The molecule has 5 nitrogen and oxygen atoms in total. The maximum absolute atomic E-state index is 11.5. The molecule has 5 heteroatoms. The quantitative estimate of drug-likeness (QED) is 0.506. The van der Waals surface area contributed by atoms with Gasteiger partial charge in [-0.2, -0.15) is 0 Å². The van der Waals surface area contributed by atoms with Gasteiger partial charge in [0.1, 0.15) is 0 Å². The van der Waals surface area contributed by atoms with Crippen molar-refractivity contribution in [3.8, 4) is 0 Å². The zero-order valence-corrected chi connectivity index (χ0v) is 15.6. The second-order valence-corrected chi connectivity index (χ2v) is 6.49. The maximum atomic E-state index is 11.5. The van der Waals surface area contributed by atoms with Gasteiger partial charge in [-0.15, -0.1) is 0 Å². The number of carbonyl (C=O) groups excluding carboxylic acids is 1. The number of hydrogen-bond acceptors (Lipinski definition) is 2. The summed E-state index contributed by atoms with van der Waals surface area (Å²) in [6.07, 6.45) is 2.33. The molecular weight excluding hydrogens is 300 g/mol. The molecule has 3 N–H and O–H groups in total. The van der Waals surface area contributed by atoms with Crippen LogP contribution in [0.4, 0.5) is 0 Å². The summed E-state index contributed by atoms with van der Waals surface area (Å²) >= 11 is 0. The van der Waals surface area contributed by atoms with Gasteiger partial charge in [0, 0.05) is 25.2 Å². The predicted molar refractivity (Wildman–Crippen MR) is 101 cm³/mol. The van der Waals surface area contributed by atoms with Crippen molar-refractivity contribution in [3.05, 3.63) is 35.4 Å². The van der Waals surface area contributed by atoms with E-state index in [9.17, 15) is 4.79 Å². The van der Waals surface area contributed by atoms with Gasteiger partial charge in [0.25, 0.3) is 5.91 Å². The van der Waals surface area contributed by atoms with Gasteiger partial charge in [-0.25, -0.2) is 4.99 Å². The fourth-order valence-corrected chi connectivity index (χ4v) is 2.29. The van der Waals surface area contributed by atoms with E-state index in [0.717, 1.165) is 24.5 Å². The fourth-order valence-electron chi connectivity index (χ4n) is 2.29. The van der Waals surface area contributed by atoms with Crippen molar-refractivity contribution in [2.24, 2.45) is 10.9 Å². The molecule has 0 aliphatic rings. The summed E-state index contributed by atoms with van der Waals surface area (Å²) in [4.78, 5) is 16.2. The van der Waals surface area contributed by atoms with Gasteiger partial charge in [0.2, 0.25) is 0 Å². The van der Waals surface area contributed by atoms with Crippen molar-refractivity contribution in [1.82, 2.24) is 16.0 Å². The molecule has 0 aliphatic heterocycles. The van der Waals surface area contributed by atoms with Gasteiger partial charge in [-0.3, -0.25) is 4.79 Å². The van der Waals surface area contributed by atoms with Crippen molar-refractivity contribution in [1.29, 1.82) is 0 Å². The van der Waals surface area contributed by atoms with Crippen LogP contribution >= 0.6 is 0 Å². The summed E-state index contributed by atoms with van der Waals surface area (Å²) in [5, 5.41) is 9.36. The number of nitrogens with zero attached hydrogens (tertiary/aromatic N) is 1. The minimum atomic E-state index is -0.0703. The molecule has 0 radical (unpaired) electrons. The minimum Gasteiger partial charge on any atom is -0.357 e. The SMILES string of the molecule is CCNC(=NCc1ccc(C(=O)NC)cc1)NC(C)CCC(C)C. The van der Waals surface area contributed by atoms with E-state index < -0.39 is 0 Å². The molecule has 24 heavy (non-hydrogen) atoms. The Bertz CT molecular complexity index is 523. The van der Waals surface area contributed by atoms with Gasteiger partial charge in [-0.05, 0) is 50.3 Å². The van der Waals surface area contributed by atoms with E-state index in [-0.39, 0.29) is 5.91 Å². The molecular formula is C19H32N4O. The van der Waals surface area contributed by atoms with E-state index >= 15 is 0 Å². The van der Waals surface area contributed by atoms with Crippen LogP contribution in [0, 0.1) is 5.92 Å². The molecule has 1 aromatic carbocycles. The Morgan fingerprint density at radius 2 is 1.79 bits per heavy atom. The molecule has 0 aliphatic carbocycles. The number of aliphatic imine (C=N–C) groups is 1. The Morgan fingerprint density at radius 3 is 2.33 bits per heavy atom. The first-order chi connectivity index (χ1) is 11.5. The lowest BCUT2D eigenvalue weighted by atomic mass is 10.0. The van der Waals surface area contributed by atoms with Crippen LogP contribution in [-0.2, 0) is 6.54 Å². The van der Waals surface area contributed by atoms with E-state index in [4.69, 9.17) is 0 Å². The molecule has 0 bridgehead atoms. The molecule has 0 aromatic heterocycles. The molecule has 1 atom stereocenters. The monoisotopic (exact) mass is 332 g/mol. The summed E-state index contributed by atoms with van der Waals surface area (Å²) in [6, 6.07) is 7.94. The number of rotatable bonds is 8. The summed E-state index contributed by atoms with van der Waals surface area (Å²) in [5.74, 6) is 1.48. The Kier molecular flexibility index (Phi) is 8.90. The predicted octanol–water partition coefficient (Wildman–Crippen LogP) is 2.93. The van der Waals surface area contributed by atoms with Gasteiger partial charge in [0.15, 0.2) is 5.96 Å². The highest BCUT2D eigenvalue weighted by molar-refractivity contribution is 5.93. The molecule has 0 heterocycles. The summed E-state index contributed by atoms with van der Waals surface area (Å²) in [5.41, 5.74) is 1.74. The number of benzene rings is 1.